The molecule has 0 radical (unpaired) electrons. The summed E-state index contributed by atoms with van der Waals surface area (Å²) in [6.45, 7) is 6.53. The first-order chi connectivity index (χ1) is 11.6. The van der Waals surface area contributed by atoms with Crippen LogP contribution in [-0.2, 0) is 22.5 Å². The van der Waals surface area contributed by atoms with Crippen molar-refractivity contribution in [1.29, 1.82) is 5.26 Å². The van der Waals surface area contributed by atoms with E-state index in [9.17, 15) is 10.1 Å². The summed E-state index contributed by atoms with van der Waals surface area (Å²) in [4.78, 5) is 16.5. The van der Waals surface area contributed by atoms with Crippen molar-refractivity contribution >= 4 is 5.91 Å². The second-order valence-electron chi connectivity index (χ2n) is 6.61. The van der Waals surface area contributed by atoms with Crippen molar-refractivity contribution < 1.29 is 9.53 Å². The Hall–Kier alpha value is -2.32. The minimum absolute atomic E-state index is 0.000457. The van der Waals surface area contributed by atoms with Crippen LogP contribution in [0.3, 0.4) is 0 Å². The molecule has 5 nitrogen and oxygen atoms in total. The molecule has 1 aromatic rings. The highest BCUT2D eigenvalue weighted by Crippen LogP contribution is 2.20. The van der Waals surface area contributed by atoms with E-state index in [1.165, 1.54) is 11.1 Å². The van der Waals surface area contributed by atoms with Crippen molar-refractivity contribution in [1.82, 2.24) is 9.80 Å². The van der Waals surface area contributed by atoms with Crippen molar-refractivity contribution in [3.05, 3.63) is 47.2 Å². The Bertz CT molecular complexity index is 682. The van der Waals surface area contributed by atoms with Gasteiger partial charge in [-0.1, -0.05) is 24.3 Å². The Morgan fingerprint density at radius 2 is 1.92 bits per heavy atom. The summed E-state index contributed by atoms with van der Waals surface area (Å²) in [6, 6.07) is 10.4. The average molecular weight is 325 g/mol. The van der Waals surface area contributed by atoms with Gasteiger partial charge >= 0.3 is 0 Å². The maximum absolute atomic E-state index is 12.7. The lowest BCUT2D eigenvalue weighted by atomic mass is 10.00. The molecular formula is C19H23N3O2. The standard InChI is InChI=1S/C19H23N3O2/c1-14-10-22(11-15(2)24-14)19(23)18(9-20)13-21-8-7-16-5-3-4-6-17(16)12-21/h3-6,13-15H,7-8,10-12H2,1-2H3/b18-13-. The van der Waals surface area contributed by atoms with Crippen LogP contribution in [0.15, 0.2) is 36.0 Å². The molecule has 0 N–H and O–H groups in total. The molecule has 2 atom stereocenters. The van der Waals surface area contributed by atoms with Gasteiger partial charge in [0.05, 0.1) is 12.2 Å². The number of hydrogen-bond donors (Lipinski definition) is 0. The third-order valence-corrected chi connectivity index (χ3v) is 4.53. The predicted molar refractivity (Wildman–Crippen MR) is 90.8 cm³/mol. The molecule has 0 aromatic heterocycles. The molecule has 1 saturated heterocycles. The average Bonchev–Trinajstić information content (AvgIpc) is 2.58. The third kappa shape index (κ3) is 3.60. The third-order valence-electron chi connectivity index (χ3n) is 4.53. The van der Waals surface area contributed by atoms with Gasteiger partial charge in [0.1, 0.15) is 11.6 Å². The van der Waals surface area contributed by atoms with E-state index in [1.54, 1.807) is 11.1 Å². The zero-order valence-electron chi connectivity index (χ0n) is 14.2. The molecule has 1 aromatic carbocycles. The molecule has 2 aliphatic heterocycles. The molecule has 1 fully saturated rings. The van der Waals surface area contributed by atoms with Gasteiger partial charge in [0, 0.05) is 32.4 Å². The van der Waals surface area contributed by atoms with Gasteiger partial charge in [-0.05, 0) is 31.4 Å². The fraction of sp³-hybridized carbons (Fsp3) is 0.474. The van der Waals surface area contributed by atoms with E-state index in [0.717, 1.165) is 19.5 Å². The Morgan fingerprint density at radius 1 is 1.25 bits per heavy atom. The second kappa shape index (κ2) is 7.06. The van der Waals surface area contributed by atoms with E-state index in [0.29, 0.717) is 13.1 Å². The number of morpholine rings is 1. The molecule has 24 heavy (non-hydrogen) atoms. The number of benzene rings is 1. The van der Waals surface area contributed by atoms with Crippen molar-refractivity contribution in [3.63, 3.8) is 0 Å². The van der Waals surface area contributed by atoms with Gasteiger partial charge in [0.15, 0.2) is 0 Å². The van der Waals surface area contributed by atoms with Crippen LogP contribution in [0, 0.1) is 11.3 Å². The minimum atomic E-state index is -0.196. The molecule has 0 saturated carbocycles. The van der Waals surface area contributed by atoms with Gasteiger partial charge in [-0.2, -0.15) is 5.26 Å². The number of carbonyl (C=O) groups excluding carboxylic acids is 1. The minimum Gasteiger partial charge on any atom is -0.372 e. The Kier molecular flexibility index (Phi) is 4.86. The quantitative estimate of drug-likeness (QED) is 0.617. The van der Waals surface area contributed by atoms with Crippen molar-refractivity contribution in [3.8, 4) is 6.07 Å². The number of amides is 1. The van der Waals surface area contributed by atoms with Gasteiger partial charge in [0.25, 0.3) is 5.91 Å². The summed E-state index contributed by atoms with van der Waals surface area (Å²) in [6.07, 6.45) is 2.66. The van der Waals surface area contributed by atoms with Gasteiger partial charge in [-0.15, -0.1) is 0 Å². The first-order valence-electron chi connectivity index (χ1n) is 8.44. The van der Waals surface area contributed by atoms with Crippen LogP contribution in [0.5, 0.6) is 0 Å². The highest BCUT2D eigenvalue weighted by Gasteiger charge is 2.28. The van der Waals surface area contributed by atoms with Gasteiger partial charge in [-0.3, -0.25) is 4.79 Å². The first kappa shape index (κ1) is 16.5. The zero-order chi connectivity index (χ0) is 17.1. The van der Waals surface area contributed by atoms with Crippen LogP contribution in [-0.4, -0.2) is 47.5 Å². The highest BCUT2D eigenvalue weighted by atomic mass is 16.5. The van der Waals surface area contributed by atoms with E-state index in [-0.39, 0.29) is 23.7 Å². The molecule has 0 spiro atoms. The molecule has 2 aliphatic rings. The van der Waals surface area contributed by atoms with Crippen LogP contribution in [0.2, 0.25) is 0 Å². The summed E-state index contributed by atoms with van der Waals surface area (Å²) in [5.74, 6) is -0.196. The van der Waals surface area contributed by atoms with Crippen molar-refractivity contribution in [2.45, 2.75) is 39.0 Å². The van der Waals surface area contributed by atoms with E-state index in [4.69, 9.17) is 4.74 Å². The molecule has 2 unspecified atom stereocenters. The van der Waals surface area contributed by atoms with Crippen LogP contribution in [0.25, 0.3) is 0 Å². The summed E-state index contributed by atoms with van der Waals surface area (Å²) < 4.78 is 5.66. The lowest BCUT2D eigenvalue weighted by Crippen LogP contribution is -2.48. The highest BCUT2D eigenvalue weighted by molar-refractivity contribution is 5.97. The van der Waals surface area contributed by atoms with E-state index in [1.807, 2.05) is 19.9 Å². The zero-order valence-corrected chi connectivity index (χ0v) is 14.2. The lowest BCUT2D eigenvalue weighted by molar-refractivity contribution is -0.138. The Balaban J connectivity index is 1.73. The molecule has 5 heteroatoms. The number of fused-ring (bicyclic) bond motifs is 1. The maximum atomic E-state index is 12.7. The molecule has 1 amide bonds. The van der Waals surface area contributed by atoms with Gasteiger partial charge in [-0.25, -0.2) is 0 Å². The summed E-state index contributed by atoms with van der Waals surface area (Å²) in [5.41, 5.74) is 2.82. The topological polar surface area (TPSA) is 56.6 Å². The normalized spacial score (nSPS) is 24.3. The largest absolute Gasteiger partial charge is 0.372 e. The monoisotopic (exact) mass is 325 g/mol. The molecule has 3 rings (SSSR count). The lowest BCUT2D eigenvalue weighted by Gasteiger charge is -2.35. The number of nitriles is 1. The number of carbonyl (C=O) groups is 1. The van der Waals surface area contributed by atoms with E-state index < -0.39 is 0 Å². The van der Waals surface area contributed by atoms with Crippen molar-refractivity contribution in [2.24, 2.45) is 0 Å². The smallest absolute Gasteiger partial charge is 0.266 e. The Labute approximate surface area is 143 Å². The van der Waals surface area contributed by atoms with Crippen LogP contribution >= 0.6 is 0 Å². The van der Waals surface area contributed by atoms with Gasteiger partial charge < -0.3 is 14.5 Å². The second-order valence-corrected chi connectivity index (χ2v) is 6.61. The van der Waals surface area contributed by atoms with Crippen molar-refractivity contribution in [2.75, 3.05) is 19.6 Å². The molecule has 0 aliphatic carbocycles. The SMILES string of the molecule is CC1CN(C(=O)/C(C#N)=C\N2CCc3ccccc3C2)CC(C)O1. The van der Waals surface area contributed by atoms with Crippen LogP contribution in [0.4, 0.5) is 0 Å². The fourth-order valence-electron chi connectivity index (χ4n) is 3.46. The number of rotatable bonds is 2. The first-order valence-corrected chi connectivity index (χ1v) is 8.44. The van der Waals surface area contributed by atoms with E-state index in [2.05, 4.69) is 29.2 Å². The molecule has 126 valence electrons. The fourth-order valence-corrected chi connectivity index (χ4v) is 3.46. The summed E-state index contributed by atoms with van der Waals surface area (Å²) in [7, 11) is 0. The predicted octanol–water partition coefficient (Wildman–Crippen LogP) is 2.09. The van der Waals surface area contributed by atoms with Crippen LogP contribution in [0.1, 0.15) is 25.0 Å². The number of hydrogen-bond acceptors (Lipinski definition) is 4. The molecule has 2 heterocycles. The van der Waals surface area contributed by atoms with E-state index >= 15 is 0 Å². The summed E-state index contributed by atoms with van der Waals surface area (Å²) >= 11 is 0. The number of nitrogens with zero attached hydrogens (tertiary/aromatic N) is 3. The number of ether oxygens (including phenoxy) is 1. The van der Waals surface area contributed by atoms with Gasteiger partial charge in [0.2, 0.25) is 0 Å². The maximum Gasteiger partial charge on any atom is 0.266 e. The van der Waals surface area contributed by atoms with Crippen LogP contribution < -0.4 is 0 Å². The Morgan fingerprint density at radius 3 is 2.58 bits per heavy atom. The molecular weight excluding hydrogens is 302 g/mol. The molecule has 0 bridgehead atoms. The summed E-state index contributed by atoms with van der Waals surface area (Å²) in [5, 5.41) is 9.46.